The Balaban J connectivity index is 2.23. The second-order valence-corrected chi connectivity index (χ2v) is 7.58. The Kier molecular flexibility index (Phi) is 3.75. The van der Waals surface area contributed by atoms with Crippen molar-refractivity contribution in [3.63, 3.8) is 0 Å². The zero-order valence-corrected chi connectivity index (χ0v) is 13.9. The third kappa shape index (κ3) is 3.19. The van der Waals surface area contributed by atoms with E-state index in [1.165, 1.54) is 0 Å². The number of nitriles is 1. The molecule has 0 saturated carbocycles. The summed E-state index contributed by atoms with van der Waals surface area (Å²) in [6, 6.07) is 5.55. The van der Waals surface area contributed by atoms with Crippen LogP contribution < -0.4 is 4.74 Å². The van der Waals surface area contributed by atoms with Gasteiger partial charge >= 0.3 is 0 Å². The fourth-order valence-electron chi connectivity index (χ4n) is 3.81. The molecular formula is C17H25N3O. The minimum absolute atomic E-state index is 0.0660. The topological polar surface area (TPSA) is 49.1 Å². The van der Waals surface area contributed by atoms with Crippen LogP contribution >= 0.6 is 0 Å². The van der Waals surface area contributed by atoms with Crippen LogP contribution in [-0.2, 0) is 0 Å². The standard InChI is InChI=1S/C17H25N3O/c1-15(2)11-17(5,12-16(3,4)20(15)6)21-14-8-7-13(9-18)19-10-14/h7-8,10H,11-12H2,1-6H3. The van der Waals surface area contributed by atoms with Gasteiger partial charge in [-0.2, -0.15) is 5.26 Å². The first-order chi connectivity index (χ1) is 9.58. The number of aromatic nitrogens is 1. The smallest absolute Gasteiger partial charge is 0.140 e. The average Bonchev–Trinajstić information content (AvgIpc) is 2.35. The third-order valence-electron chi connectivity index (χ3n) is 4.64. The first kappa shape index (κ1) is 15.8. The van der Waals surface area contributed by atoms with E-state index in [1.807, 2.05) is 12.1 Å². The van der Waals surface area contributed by atoms with E-state index < -0.39 is 0 Å². The Morgan fingerprint density at radius 3 is 2.14 bits per heavy atom. The van der Waals surface area contributed by atoms with E-state index in [1.54, 1.807) is 12.3 Å². The third-order valence-corrected chi connectivity index (χ3v) is 4.64. The molecule has 1 fully saturated rings. The van der Waals surface area contributed by atoms with Gasteiger partial charge in [0.1, 0.15) is 23.1 Å². The molecule has 0 spiro atoms. The van der Waals surface area contributed by atoms with Crippen LogP contribution in [0.3, 0.4) is 0 Å². The molecule has 2 heterocycles. The summed E-state index contributed by atoms with van der Waals surface area (Å²) in [6.07, 6.45) is 3.53. The average molecular weight is 287 g/mol. The number of piperidine rings is 1. The number of nitrogens with zero attached hydrogens (tertiary/aromatic N) is 3. The van der Waals surface area contributed by atoms with Gasteiger partial charge < -0.3 is 4.74 Å². The van der Waals surface area contributed by atoms with Gasteiger partial charge in [0.25, 0.3) is 0 Å². The van der Waals surface area contributed by atoms with E-state index >= 15 is 0 Å². The lowest BCUT2D eigenvalue weighted by Crippen LogP contribution is -2.64. The minimum atomic E-state index is -0.241. The van der Waals surface area contributed by atoms with Gasteiger partial charge in [-0.25, -0.2) is 4.98 Å². The maximum atomic E-state index is 8.81. The molecule has 4 nitrogen and oxygen atoms in total. The van der Waals surface area contributed by atoms with Crippen LogP contribution in [0.15, 0.2) is 18.3 Å². The molecule has 0 radical (unpaired) electrons. The van der Waals surface area contributed by atoms with Crippen LogP contribution in [0.5, 0.6) is 5.75 Å². The van der Waals surface area contributed by atoms with Gasteiger partial charge in [-0.15, -0.1) is 0 Å². The van der Waals surface area contributed by atoms with Crippen LogP contribution in [0.4, 0.5) is 0 Å². The van der Waals surface area contributed by atoms with Crippen molar-refractivity contribution in [3.05, 3.63) is 24.0 Å². The van der Waals surface area contributed by atoms with Gasteiger partial charge in [-0.1, -0.05) is 0 Å². The molecule has 4 heteroatoms. The van der Waals surface area contributed by atoms with Crippen molar-refractivity contribution < 1.29 is 4.74 Å². The van der Waals surface area contributed by atoms with Crippen molar-refractivity contribution in [2.75, 3.05) is 7.05 Å². The second-order valence-electron chi connectivity index (χ2n) is 7.58. The molecule has 0 atom stereocenters. The van der Waals surface area contributed by atoms with E-state index in [-0.39, 0.29) is 16.7 Å². The maximum absolute atomic E-state index is 8.81. The summed E-state index contributed by atoms with van der Waals surface area (Å²) in [7, 11) is 2.18. The molecule has 114 valence electrons. The minimum Gasteiger partial charge on any atom is -0.486 e. The molecular weight excluding hydrogens is 262 g/mol. The highest BCUT2D eigenvalue weighted by atomic mass is 16.5. The fraction of sp³-hybridized carbons (Fsp3) is 0.647. The molecule has 0 unspecified atom stereocenters. The molecule has 1 aromatic rings. The summed E-state index contributed by atoms with van der Waals surface area (Å²) in [6.45, 7) is 11.2. The quantitative estimate of drug-likeness (QED) is 0.836. The molecule has 0 bridgehead atoms. The van der Waals surface area contributed by atoms with Crippen molar-refractivity contribution in [3.8, 4) is 11.8 Å². The van der Waals surface area contributed by atoms with Gasteiger partial charge in [0.15, 0.2) is 0 Å². The van der Waals surface area contributed by atoms with Gasteiger partial charge in [-0.3, -0.25) is 4.90 Å². The van der Waals surface area contributed by atoms with Crippen LogP contribution in [-0.4, -0.2) is 33.6 Å². The number of pyridine rings is 1. The monoisotopic (exact) mass is 287 g/mol. The summed E-state index contributed by atoms with van der Waals surface area (Å²) in [5, 5.41) is 8.81. The highest BCUT2D eigenvalue weighted by molar-refractivity contribution is 5.27. The molecule has 0 amide bonds. The van der Waals surface area contributed by atoms with Crippen molar-refractivity contribution >= 4 is 0 Å². The SMILES string of the molecule is CN1C(C)(C)CC(C)(Oc2ccc(C#N)nc2)CC1(C)C. The molecule has 1 saturated heterocycles. The van der Waals surface area contributed by atoms with Crippen molar-refractivity contribution in [1.29, 1.82) is 5.26 Å². The normalized spacial score (nSPS) is 23.3. The van der Waals surface area contributed by atoms with E-state index in [2.05, 4.69) is 51.6 Å². The van der Waals surface area contributed by atoms with Gasteiger partial charge in [0, 0.05) is 23.9 Å². The number of hydrogen-bond donors (Lipinski definition) is 0. The van der Waals surface area contributed by atoms with E-state index in [0.717, 1.165) is 18.6 Å². The lowest BCUT2D eigenvalue weighted by molar-refractivity contribution is -0.102. The lowest BCUT2D eigenvalue weighted by Gasteiger charge is -2.57. The highest BCUT2D eigenvalue weighted by Gasteiger charge is 2.49. The molecule has 0 aliphatic carbocycles. The Bertz CT molecular complexity index is 536. The van der Waals surface area contributed by atoms with Gasteiger partial charge in [-0.05, 0) is 53.8 Å². The molecule has 0 aromatic carbocycles. The van der Waals surface area contributed by atoms with E-state index in [0.29, 0.717) is 5.69 Å². The summed E-state index contributed by atoms with van der Waals surface area (Å²) < 4.78 is 6.26. The molecule has 2 rings (SSSR count). The lowest BCUT2D eigenvalue weighted by atomic mass is 9.72. The summed E-state index contributed by atoms with van der Waals surface area (Å²) in [4.78, 5) is 6.52. The Hall–Kier alpha value is -1.60. The Labute approximate surface area is 127 Å². The first-order valence-electron chi connectivity index (χ1n) is 7.37. The number of hydrogen-bond acceptors (Lipinski definition) is 4. The summed E-state index contributed by atoms with van der Waals surface area (Å²) in [5.41, 5.74) is 0.305. The van der Waals surface area contributed by atoms with E-state index in [4.69, 9.17) is 10.00 Å². The van der Waals surface area contributed by atoms with Crippen molar-refractivity contribution in [2.24, 2.45) is 0 Å². The van der Waals surface area contributed by atoms with Gasteiger partial charge in [0.05, 0.1) is 6.20 Å². The Morgan fingerprint density at radius 2 is 1.71 bits per heavy atom. The van der Waals surface area contributed by atoms with Crippen LogP contribution in [0.1, 0.15) is 53.2 Å². The molecule has 1 aliphatic rings. The number of ether oxygens (including phenoxy) is 1. The van der Waals surface area contributed by atoms with Crippen molar-refractivity contribution in [2.45, 2.75) is 64.1 Å². The summed E-state index contributed by atoms with van der Waals surface area (Å²) >= 11 is 0. The fourth-order valence-corrected chi connectivity index (χ4v) is 3.81. The highest BCUT2D eigenvalue weighted by Crippen LogP contribution is 2.44. The second kappa shape index (κ2) is 4.99. The Morgan fingerprint density at radius 1 is 1.14 bits per heavy atom. The predicted molar refractivity (Wildman–Crippen MR) is 83.1 cm³/mol. The zero-order chi connectivity index (χ0) is 15.9. The number of likely N-dealkylation sites (tertiary alicyclic amines) is 1. The van der Waals surface area contributed by atoms with Crippen molar-refractivity contribution in [1.82, 2.24) is 9.88 Å². The molecule has 21 heavy (non-hydrogen) atoms. The maximum Gasteiger partial charge on any atom is 0.140 e. The summed E-state index contributed by atoms with van der Waals surface area (Å²) in [5.74, 6) is 0.729. The zero-order valence-electron chi connectivity index (χ0n) is 13.9. The van der Waals surface area contributed by atoms with Crippen LogP contribution in [0.25, 0.3) is 0 Å². The largest absolute Gasteiger partial charge is 0.486 e. The van der Waals surface area contributed by atoms with E-state index in [9.17, 15) is 0 Å². The predicted octanol–water partition coefficient (Wildman–Crippen LogP) is 3.37. The molecule has 1 aromatic heterocycles. The van der Waals surface area contributed by atoms with Crippen LogP contribution in [0.2, 0.25) is 0 Å². The first-order valence-corrected chi connectivity index (χ1v) is 7.37. The number of rotatable bonds is 2. The molecule has 1 aliphatic heterocycles. The van der Waals surface area contributed by atoms with Gasteiger partial charge in [0.2, 0.25) is 0 Å². The van der Waals surface area contributed by atoms with Crippen LogP contribution in [0, 0.1) is 11.3 Å². The molecule has 0 N–H and O–H groups in total.